The maximum absolute atomic E-state index is 15.1. The van der Waals surface area contributed by atoms with Crippen molar-refractivity contribution in [1.82, 2.24) is 55.1 Å². The van der Waals surface area contributed by atoms with Gasteiger partial charge in [-0.1, -0.05) is 93.4 Å². The van der Waals surface area contributed by atoms with Gasteiger partial charge in [-0.3, -0.25) is 52.7 Å². The topological polar surface area (TPSA) is 250 Å². The molecule has 5 rings (SSSR count). The molecule has 2 aliphatic heterocycles. The first-order valence-corrected chi connectivity index (χ1v) is 34.1. The van der Waals surface area contributed by atoms with Crippen molar-refractivity contribution in [2.75, 3.05) is 75.5 Å². The smallest absolute Gasteiger partial charge is 0.343 e. The van der Waals surface area contributed by atoms with Crippen LogP contribution in [0.1, 0.15) is 177 Å². The molecule has 3 saturated carbocycles. The van der Waals surface area contributed by atoms with Crippen LogP contribution in [0.5, 0.6) is 0 Å². The van der Waals surface area contributed by atoms with Gasteiger partial charge in [-0.2, -0.15) is 13.2 Å². The first kappa shape index (κ1) is 77.0. The number of alkyl halides is 4. The van der Waals surface area contributed by atoms with Crippen LogP contribution >= 0.6 is 11.6 Å². The quantitative estimate of drug-likeness (QED) is 0.220. The van der Waals surface area contributed by atoms with E-state index in [4.69, 9.17) is 11.6 Å². The molecule has 1 spiro atoms. The fourth-order valence-corrected chi connectivity index (χ4v) is 15.0. The van der Waals surface area contributed by atoms with E-state index in [0.29, 0.717) is 25.7 Å². The van der Waals surface area contributed by atoms with E-state index >= 15 is 9.59 Å². The van der Waals surface area contributed by atoms with Crippen LogP contribution in [-0.2, 0) is 52.7 Å². The number of carbonyl (C=O) groups is 11. The molecular formula is C66H109ClF3N11O11. The second-order valence-corrected chi connectivity index (χ2v) is 29.1. The molecule has 3 aliphatic carbocycles. The van der Waals surface area contributed by atoms with Gasteiger partial charge in [0.05, 0.1) is 25.6 Å². The molecule has 0 aromatic rings. The Morgan fingerprint density at radius 2 is 1.23 bits per heavy atom. The lowest BCUT2D eigenvalue weighted by Crippen LogP contribution is -2.64. The summed E-state index contributed by atoms with van der Waals surface area (Å²) in [6.07, 6.45) is 2.05. The van der Waals surface area contributed by atoms with Crippen molar-refractivity contribution in [1.29, 1.82) is 0 Å². The maximum Gasteiger partial charge on any atom is 0.393 e. The average molecular weight is 1330 g/mol. The van der Waals surface area contributed by atoms with Crippen LogP contribution < -0.4 is 16.0 Å². The number of nitrogens with one attached hydrogen (secondary N) is 3. The number of halogens is 4. The van der Waals surface area contributed by atoms with Gasteiger partial charge in [0.25, 0.3) is 0 Å². The van der Waals surface area contributed by atoms with Crippen LogP contribution in [0.3, 0.4) is 0 Å². The van der Waals surface area contributed by atoms with Gasteiger partial charge in [0, 0.05) is 73.7 Å². The van der Waals surface area contributed by atoms with E-state index in [1.807, 2.05) is 20.8 Å². The molecule has 5 fully saturated rings. The monoisotopic (exact) mass is 1320 g/mol. The Balaban J connectivity index is 1.55. The zero-order valence-electron chi connectivity index (χ0n) is 57.5. The van der Waals surface area contributed by atoms with Crippen LogP contribution in [0, 0.1) is 41.4 Å². The minimum atomic E-state index is -4.49. The average Bonchev–Trinajstić information content (AvgIpc) is 1.59. The van der Waals surface area contributed by atoms with Gasteiger partial charge in [0.2, 0.25) is 65.0 Å². The second-order valence-electron chi connectivity index (χ2n) is 28.6. The lowest BCUT2D eigenvalue weighted by atomic mass is 9.77. The lowest BCUT2D eigenvalue weighted by Gasteiger charge is -2.41. The Labute approximate surface area is 549 Å². The highest BCUT2D eigenvalue weighted by Crippen LogP contribution is 2.44. The number of hydrogen-bond acceptors (Lipinski definition) is 11. The summed E-state index contributed by atoms with van der Waals surface area (Å²) in [5.74, 6) is -9.30. The first-order chi connectivity index (χ1) is 43.0. The van der Waals surface area contributed by atoms with Gasteiger partial charge in [0.1, 0.15) is 41.8 Å². The van der Waals surface area contributed by atoms with Gasteiger partial charge < -0.3 is 55.1 Å². The molecule has 26 heteroatoms. The highest BCUT2D eigenvalue weighted by Gasteiger charge is 2.51. The fraction of sp³-hybridized carbons (Fsp3) is 0.833. The summed E-state index contributed by atoms with van der Waals surface area (Å²) >= 11 is 6.37. The molecule has 22 nitrogen and oxygen atoms in total. The number of nitrogens with zero attached hydrogens (tertiary/aromatic N) is 8. The SMILES string of the molecule is CC[C@H](C)[C@@H]1NC(=O)[C@H](CC(C)C)N(C)C(=O)C[C@@H](C)N(C)C(=O)[C@H](C(C)C)N(C)C(=O)C2(CCCC2)NC(=O)[C@@H]2CCCN2C(=O)[C@H](CCC2CCC(C(F)(F)F)C(Cl)C2)NC(=O)CN(C)C(=O)[C@H](CC2CCCCC2C)N(C)C(=O)CN(C)C(=O)CN(C)C1=O. The summed E-state index contributed by atoms with van der Waals surface area (Å²) in [5, 5.41) is 7.57. The molecule has 0 aromatic heterocycles. The Hall–Kier alpha value is -5.75. The molecule has 522 valence electrons. The van der Waals surface area contributed by atoms with Gasteiger partial charge in [-0.15, -0.1) is 11.6 Å². The third-order valence-corrected chi connectivity index (χ3v) is 21.3. The summed E-state index contributed by atoms with van der Waals surface area (Å²) in [5.41, 5.74) is -1.48. The maximum atomic E-state index is 15.1. The number of likely N-dealkylation sites (N-methyl/N-ethyl adjacent to an activating group) is 7. The first-order valence-electron chi connectivity index (χ1n) is 33.7. The van der Waals surface area contributed by atoms with Crippen molar-refractivity contribution in [2.45, 2.75) is 237 Å². The molecule has 11 amide bonds. The van der Waals surface area contributed by atoms with E-state index < -0.39 is 162 Å². The standard InChI is InChI=1S/C66H109ClF3N11O11/c1-16-41(6)56-62(90)76(11)37-54(84)74(9)38-55(85)79(14)51(35-45-23-18-17-22-42(45)7)61(89)75(10)36-52(82)71-48(28-26-44-25-27-46(47(67)34-44)66(68,69)70)60(88)81-31-21-24-49(81)59(87)73-65(29-19-20-30-65)64(92)80(15)57(40(4)5)63(91)77(12)43(8)33-53(83)78(13)50(32-39(2)3)58(86)72-56/h39-51,56-57H,16-38H2,1-15H3,(H,71,82)(H,72,86)(H,73,87)/t41-,42?,43+,44?,45?,46?,47?,48-,49-,50-,51-,56-,57-/m0/s1. The van der Waals surface area contributed by atoms with E-state index in [2.05, 4.69) is 22.9 Å². The van der Waals surface area contributed by atoms with E-state index in [-0.39, 0.29) is 101 Å². The minimum Gasteiger partial charge on any atom is -0.343 e. The summed E-state index contributed by atoms with van der Waals surface area (Å²) in [7, 11) is 10.2. The Bertz CT molecular complexity index is 2630. The Morgan fingerprint density at radius 1 is 0.620 bits per heavy atom. The number of rotatable bonds is 10. The highest BCUT2D eigenvalue weighted by molar-refractivity contribution is 6.20. The third kappa shape index (κ3) is 19.5. The van der Waals surface area contributed by atoms with Gasteiger partial charge >= 0.3 is 6.18 Å². The number of carbonyl (C=O) groups excluding carboxylic acids is 11. The molecule has 0 radical (unpaired) electrons. The highest BCUT2D eigenvalue weighted by atomic mass is 35.5. The van der Waals surface area contributed by atoms with E-state index in [1.54, 1.807) is 27.7 Å². The van der Waals surface area contributed by atoms with Crippen molar-refractivity contribution in [3.63, 3.8) is 0 Å². The summed E-state index contributed by atoms with van der Waals surface area (Å²) in [6, 6.07) is -7.54. The third-order valence-electron chi connectivity index (χ3n) is 20.9. The Morgan fingerprint density at radius 3 is 1.82 bits per heavy atom. The van der Waals surface area contributed by atoms with Crippen LogP contribution in [0.2, 0.25) is 0 Å². The van der Waals surface area contributed by atoms with Crippen molar-refractivity contribution in [2.24, 2.45) is 41.4 Å². The molecule has 2 heterocycles. The van der Waals surface area contributed by atoms with Crippen LogP contribution in [0.15, 0.2) is 0 Å². The molecule has 2 saturated heterocycles. The van der Waals surface area contributed by atoms with Crippen LogP contribution in [0.4, 0.5) is 13.2 Å². The van der Waals surface area contributed by atoms with Crippen molar-refractivity contribution >= 4 is 76.6 Å². The lowest BCUT2D eigenvalue weighted by molar-refractivity contribution is -0.182. The number of hydrogen-bond donors (Lipinski definition) is 3. The normalized spacial score (nSPS) is 31.0. The molecule has 92 heavy (non-hydrogen) atoms. The predicted molar refractivity (Wildman–Crippen MR) is 343 cm³/mol. The van der Waals surface area contributed by atoms with Gasteiger partial charge in [-0.25, -0.2) is 0 Å². The summed E-state index contributed by atoms with van der Waals surface area (Å²) < 4.78 is 41.8. The van der Waals surface area contributed by atoms with Gasteiger partial charge in [-0.05, 0) is 113 Å². The second kappa shape index (κ2) is 33.6. The molecule has 0 aromatic carbocycles. The summed E-state index contributed by atoms with van der Waals surface area (Å²) in [4.78, 5) is 171. The number of fused-ring (bicyclic) bond motifs is 1. The minimum absolute atomic E-state index is 0.0134. The van der Waals surface area contributed by atoms with E-state index in [1.165, 1.54) is 83.6 Å². The predicted octanol–water partition coefficient (Wildman–Crippen LogP) is 5.81. The van der Waals surface area contributed by atoms with Crippen molar-refractivity contribution < 1.29 is 65.9 Å². The molecular weight excluding hydrogens is 1220 g/mol. The molecule has 13 atom stereocenters. The fourth-order valence-electron chi connectivity index (χ4n) is 14.5. The Kier molecular flexibility index (Phi) is 28.1. The number of amides is 11. The molecule has 5 unspecified atom stereocenters. The zero-order valence-corrected chi connectivity index (χ0v) is 58.3. The molecule has 0 bridgehead atoms. The van der Waals surface area contributed by atoms with Crippen molar-refractivity contribution in [3.8, 4) is 0 Å². The molecule has 5 aliphatic rings. The van der Waals surface area contributed by atoms with Crippen LogP contribution in [-0.4, -0.2) is 239 Å². The van der Waals surface area contributed by atoms with Crippen molar-refractivity contribution in [3.05, 3.63) is 0 Å². The van der Waals surface area contributed by atoms with E-state index in [0.717, 1.165) is 30.6 Å². The zero-order chi connectivity index (χ0) is 69.0. The van der Waals surface area contributed by atoms with E-state index in [9.17, 15) is 56.3 Å². The largest absolute Gasteiger partial charge is 0.393 e. The van der Waals surface area contributed by atoms with Crippen LogP contribution in [0.25, 0.3) is 0 Å². The molecule has 3 N–H and O–H groups in total. The van der Waals surface area contributed by atoms with Gasteiger partial charge in [0.15, 0.2) is 0 Å². The summed E-state index contributed by atoms with van der Waals surface area (Å²) in [6.45, 7) is 13.3.